The molecule has 0 aliphatic rings. The van der Waals surface area contributed by atoms with Gasteiger partial charge >= 0.3 is 6.18 Å². The van der Waals surface area contributed by atoms with Crippen LogP contribution >= 0.6 is 23.2 Å². The molecule has 0 bridgehead atoms. The topological polar surface area (TPSA) is 26.0 Å². The molecule has 0 radical (unpaired) electrons. The Hall–Kier alpha value is -0.520. The van der Waals surface area contributed by atoms with Crippen LogP contribution in [0.4, 0.5) is 17.6 Å². The third kappa shape index (κ3) is 2.74. The molecule has 0 unspecified atom stereocenters. The number of halogens is 6. The Bertz CT molecular complexity index is 354. The monoisotopic (exact) mass is 261 g/mol. The van der Waals surface area contributed by atoms with E-state index in [1.165, 1.54) is 0 Å². The Morgan fingerprint density at radius 2 is 1.73 bits per heavy atom. The van der Waals surface area contributed by atoms with Gasteiger partial charge in [-0.2, -0.15) is 13.2 Å². The third-order valence-corrected chi connectivity index (χ3v) is 2.50. The number of hydrogen-bond donors (Lipinski definition) is 1. The summed E-state index contributed by atoms with van der Waals surface area (Å²) in [6, 6.07) is -0.765. The first kappa shape index (κ1) is 12.5. The summed E-state index contributed by atoms with van der Waals surface area (Å²) in [7, 11) is 0. The normalized spacial score (nSPS) is 14.1. The Morgan fingerprint density at radius 1 is 1.20 bits per heavy atom. The molecular formula is C8H5Cl2F4N. The lowest BCUT2D eigenvalue weighted by Crippen LogP contribution is -2.28. The Morgan fingerprint density at radius 3 is 2.13 bits per heavy atom. The van der Waals surface area contributed by atoms with Crippen molar-refractivity contribution >= 4 is 23.2 Å². The van der Waals surface area contributed by atoms with Crippen molar-refractivity contribution in [2.24, 2.45) is 5.73 Å². The minimum Gasteiger partial charge on any atom is -0.316 e. The van der Waals surface area contributed by atoms with Gasteiger partial charge in [0, 0.05) is 0 Å². The average molecular weight is 262 g/mol. The van der Waals surface area contributed by atoms with Crippen molar-refractivity contribution in [3.05, 3.63) is 33.6 Å². The molecule has 0 fully saturated rings. The molecule has 0 saturated heterocycles. The van der Waals surface area contributed by atoms with Gasteiger partial charge in [-0.1, -0.05) is 23.2 Å². The van der Waals surface area contributed by atoms with Crippen molar-refractivity contribution in [1.82, 2.24) is 0 Å². The number of nitrogens with two attached hydrogens (primary N) is 1. The maximum Gasteiger partial charge on any atom is 0.407 e. The van der Waals surface area contributed by atoms with Crippen LogP contribution in [0, 0.1) is 5.82 Å². The minimum atomic E-state index is -4.65. The van der Waals surface area contributed by atoms with Crippen LogP contribution in [0.2, 0.25) is 10.0 Å². The minimum absolute atomic E-state index is 0.300. The summed E-state index contributed by atoms with van der Waals surface area (Å²) in [6.07, 6.45) is -4.65. The summed E-state index contributed by atoms with van der Waals surface area (Å²) in [5.74, 6) is -1.03. The van der Waals surface area contributed by atoms with Gasteiger partial charge in [-0.25, -0.2) is 4.39 Å². The Kier molecular flexibility index (Phi) is 3.48. The lowest BCUT2D eigenvalue weighted by Gasteiger charge is -2.16. The largest absolute Gasteiger partial charge is 0.407 e. The van der Waals surface area contributed by atoms with Crippen molar-refractivity contribution in [1.29, 1.82) is 0 Å². The SMILES string of the molecule is N[C@@H](c1cc(F)c(Cl)c(Cl)c1)C(F)(F)F. The molecule has 1 atom stereocenters. The van der Waals surface area contributed by atoms with E-state index in [2.05, 4.69) is 0 Å². The van der Waals surface area contributed by atoms with Gasteiger partial charge in [0.05, 0.1) is 10.0 Å². The van der Waals surface area contributed by atoms with Crippen molar-refractivity contribution in [2.45, 2.75) is 12.2 Å². The molecule has 1 aromatic carbocycles. The van der Waals surface area contributed by atoms with Crippen LogP contribution in [0.5, 0.6) is 0 Å². The van der Waals surface area contributed by atoms with E-state index in [0.29, 0.717) is 6.07 Å². The first-order chi connectivity index (χ1) is 6.73. The molecule has 2 N–H and O–H groups in total. The maximum absolute atomic E-state index is 12.9. The van der Waals surface area contributed by atoms with Crippen LogP contribution in [-0.2, 0) is 0 Å². The van der Waals surface area contributed by atoms with E-state index in [1.807, 2.05) is 0 Å². The van der Waals surface area contributed by atoms with Gasteiger partial charge in [0.15, 0.2) is 0 Å². The zero-order valence-electron chi connectivity index (χ0n) is 7.08. The van der Waals surface area contributed by atoms with E-state index >= 15 is 0 Å². The summed E-state index contributed by atoms with van der Waals surface area (Å²) in [5, 5.41) is -0.721. The average Bonchev–Trinajstić information content (AvgIpc) is 2.10. The van der Waals surface area contributed by atoms with Crippen LogP contribution < -0.4 is 5.73 Å². The summed E-state index contributed by atoms with van der Waals surface area (Å²) < 4.78 is 49.5. The molecule has 7 heteroatoms. The fourth-order valence-corrected chi connectivity index (χ4v) is 1.27. The van der Waals surface area contributed by atoms with Crippen molar-refractivity contribution in [3.63, 3.8) is 0 Å². The van der Waals surface area contributed by atoms with E-state index in [4.69, 9.17) is 28.9 Å². The molecule has 84 valence electrons. The molecule has 0 saturated carbocycles. The molecule has 0 spiro atoms. The fourth-order valence-electron chi connectivity index (χ4n) is 0.944. The predicted octanol–water partition coefficient (Wildman–Crippen LogP) is 3.69. The van der Waals surface area contributed by atoms with Crippen LogP contribution in [0.1, 0.15) is 11.6 Å². The van der Waals surface area contributed by atoms with Crippen LogP contribution in [0.25, 0.3) is 0 Å². The molecule has 1 rings (SSSR count). The van der Waals surface area contributed by atoms with Gasteiger partial charge in [-0.15, -0.1) is 0 Å². The summed E-state index contributed by atoms with van der Waals surface area (Å²) >= 11 is 10.8. The number of hydrogen-bond acceptors (Lipinski definition) is 1. The molecule has 1 aromatic rings. The highest BCUT2D eigenvalue weighted by molar-refractivity contribution is 6.42. The van der Waals surface area contributed by atoms with Gasteiger partial charge in [0.2, 0.25) is 0 Å². The van der Waals surface area contributed by atoms with E-state index in [0.717, 1.165) is 6.07 Å². The van der Waals surface area contributed by atoms with Crippen molar-refractivity contribution in [3.8, 4) is 0 Å². The standard InChI is InChI=1S/C8H5Cl2F4N/c9-4-1-3(2-5(11)6(4)10)7(15)8(12,13)14/h1-2,7H,15H2/t7-/m0/s1. The molecule has 1 nitrogen and oxygen atoms in total. The molecule has 15 heavy (non-hydrogen) atoms. The fraction of sp³-hybridized carbons (Fsp3) is 0.250. The molecule has 0 aromatic heterocycles. The summed E-state index contributed by atoms with van der Waals surface area (Å²) in [4.78, 5) is 0. The van der Waals surface area contributed by atoms with Crippen LogP contribution in [0.3, 0.4) is 0 Å². The van der Waals surface area contributed by atoms with Crippen molar-refractivity contribution < 1.29 is 17.6 Å². The second-order valence-corrected chi connectivity index (χ2v) is 3.60. The molecule has 0 heterocycles. The van der Waals surface area contributed by atoms with Crippen LogP contribution in [-0.4, -0.2) is 6.18 Å². The quantitative estimate of drug-likeness (QED) is 0.606. The lowest BCUT2D eigenvalue weighted by molar-refractivity contribution is -0.149. The van der Waals surface area contributed by atoms with E-state index in [9.17, 15) is 17.6 Å². The number of alkyl halides is 3. The van der Waals surface area contributed by atoms with Gasteiger partial charge in [0.25, 0.3) is 0 Å². The van der Waals surface area contributed by atoms with E-state index in [1.54, 1.807) is 0 Å². The highest BCUT2D eigenvalue weighted by atomic mass is 35.5. The first-order valence-corrected chi connectivity index (χ1v) is 4.46. The number of rotatable bonds is 1. The molecule has 0 aliphatic heterocycles. The number of benzene rings is 1. The zero-order chi connectivity index (χ0) is 11.8. The van der Waals surface area contributed by atoms with E-state index in [-0.39, 0.29) is 5.02 Å². The maximum atomic E-state index is 12.9. The summed E-state index contributed by atoms with van der Waals surface area (Å²) in [5.41, 5.74) is 4.40. The van der Waals surface area contributed by atoms with Crippen molar-refractivity contribution in [2.75, 3.05) is 0 Å². The highest BCUT2D eigenvalue weighted by Crippen LogP contribution is 2.34. The predicted molar refractivity (Wildman–Crippen MR) is 49.4 cm³/mol. The van der Waals surface area contributed by atoms with Gasteiger partial charge in [-0.3, -0.25) is 0 Å². The first-order valence-electron chi connectivity index (χ1n) is 3.70. The smallest absolute Gasteiger partial charge is 0.316 e. The zero-order valence-corrected chi connectivity index (χ0v) is 8.59. The van der Waals surface area contributed by atoms with Gasteiger partial charge in [-0.05, 0) is 17.7 Å². The Balaban J connectivity index is 3.17. The van der Waals surface area contributed by atoms with E-state index < -0.39 is 28.6 Å². The van der Waals surface area contributed by atoms with Gasteiger partial charge < -0.3 is 5.73 Å². The second-order valence-electron chi connectivity index (χ2n) is 2.82. The molecule has 0 aliphatic carbocycles. The lowest BCUT2D eigenvalue weighted by atomic mass is 10.1. The second kappa shape index (κ2) is 4.15. The molecule has 0 amide bonds. The van der Waals surface area contributed by atoms with Crippen LogP contribution in [0.15, 0.2) is 12.1 Å². The highest BCUT2D eigenvalue weighted by Gasteiger charge is 2.38. The van der Waals surface area contributed by atoms with Gasteiger partial charge in [0.1, 0.15) is 11.9 Å². The Labute approximate surface area is 92.8 Å². The molecular weight excluding hydrogens is 257 g/mol. The third-order valence-electron chi connectivity index (χ3n) is 1.72. The summed E-state index contributed by atoms with van der Waals surface area (Å²) in [6.45, 7) is 0.